The molecule has 0 saturated heterocycles. The molecule has 0 radical (unpaired) electrons. The molecule has 0 aliphatic rings. The second kappa shape index (κ2) is 6.76. The van der Waals surface area contributed by atoms with Crippen molar-refractivity contribution in [2.75, 3.05) is 0 Å². The summed E-state index contributed by atoms with van der Waals surface area (Å²) in [7, 11) is 1.92. The lowest BCUT2D eigenvalue weighted by Gasteiger charge is -2.17. The Kier molecular flexibility index (Phi) is 4.52. The second-order valence-corrected chi connectivity index (χ2v) is 5.96. The molecule has 0 spiro atoms. The summed E-state index contributed by atoms with van der Waals surface area (Å²) in [4.78, 5) is 28.2. The third-order valence-electron chi connectivity index (χ3n) is 4.25. The van der Waals surface area contributed by atoms with Crippen LogP contribution < -0.4 is 5.32 Å². The van der Waals surface area contributed by atoms with Crippen LogP contribution in [0, 0.1) is 6.92 Å². The fourth-order valence-electron chi connectivity index (χ4n) is 2.82. The molecule has 1 heterocycles. The van der Waals surface area contributed by atoms with Crippen molar-refractivity contribution >= 4 is 22.9 Å². The van der Waals surface area contributed by atoms with Crippen LogP contribution in [0.4, 0.5) is 0 Å². The summed E-state index contributed by atoms with van der Waals surface area (Å²) >= 11 is 0. The molecule has 128 valence electrons. The van der Waals surface area contributed by atoms with E-state index in [4.69, 9.17) is 5.11 Å². The first-order chi connectivity index (χ1) is 12.0. The SMILES string of the molecule is Cc1nc2cc(C(=O)N[C@H](CC(=O)O)c3ccccc3)ccc2n1C. The fraction of sp³-hybridized carbons (Fsp3) is 0.211. The van der Waals surface area contributed by atoms with E-state index in [-0.39, 0.29) is 12.3 Å². The van der Waals surface area contributed by atoms with Crippen LogP contribution in [0.1, 0.15) is 34.2 Å². The van der Waals surface area contributed by atoms with Crippen molar-refractivity contribution in [3.8, 4) is 0 Å². The first-order valence-corrected chi connectivity index (χ1v) is 7.96. The maximum atomic E-state index is 12.6. The normalized spacial score (nSPS) is 12.1. The second-order valence-electron chi connectivity index (χ2n) is 5.96. The van der Waals surface area contributed by atoms with E-state index >= 15 is 0 Å². The van der Waals surface area contributed by atoms with Gasteiger partial charge in [-0.05, 0) is 30.7 Å². The lowest BCUT2D eigenvalue weighted by Crippen LogP contribution is -2.30. The van der Waals surface area contributed by atoms with Crippen molar-refractivity contribution < 1.29 is 14.7 Å². The zero-order chi connectivity index (χ0) is 18.0. The summed E-state index contributed by atoms with van der Waals surface area (Å²) in [5.74, 6) is -0.425. The number of nitrogens with one attached hydrogen (secondary N) is 1. The van der Waals surface area contributed by atoms with Gasteiger partial charge in [-0.15, -0.1) is 0 Å². The number of imidazole rings is 1. The number of aromatic nitrogens is 2. The molecule has 0 fully saturated rings. The lowest BCUT2D eigenvalue weighted by atomic mass is 10.0. The number of aliphatic carboxylic acids is 1. The predicted molar refractivity (Wildman–Crippen MR) is 94.4 cm³/mol. The number of hydrogen-bond acceptors (Lipinski definition) is 3. The van der Waals surface area contributed by atoms with E-state index in [9.17, 15) is 9.59 Å². The minimum Gasteiger partial charge on any atom is -0.481 e. The van der Waals surface area contributed by atoms with Crippen LogP contribution in [0.2, 0.25) is 0 Å². The molecule has 6 nitrogen and oxygen atoms in total. The summed E-state index contributed by atoms with van der Waals surface area (Å²) < 4.78 is 1.95. The van der Waals surface area contributed by atoms with Crippen LogP contribution in [0.5, 0.6) is 0 Å². The van der Waals surface area contributed by atoms with Gasteiger partial charge in [-0.25, -0.2) is 4.98 Å². The zero-order valence-corrected chi connectivity index (χ0v) is 14.1. The Balaban J connectivity index is 1.87. The van der Waals surface area contributed by atoms with Crippen molar-refractivity contribution in [1.82, 2.24) is 14.9 Å². The Morgan fingerprint density at radius 2 is 1.92 bits per heavy atom. The van der Waals surface area contributed by atoms with Gasteiger partial charge in [-0.2, -0.15) is 0 Å². The van der Waals surface area contributed by atoms with Crippen LogP contribution in [0.15, 0.2) is 48.5 Å². The van der Waals surface area contributed by atoms with E-state index in [1.165, 1.54) is 0 Å². The molecule has 3 rings (SSSR count). The van der Waals surface area contributed by atoms with E-state index in [2.05, 4.69) is 10.3 Å². The molecule has 25 heavy (non-hydrogen) atoms. The van der Waals surface area contributed by atoms with Crippen LogP contribution in [0.25, 0.3) is 11.0 Å². The number of carboxylic acid groups (broad SMARTS) is 1. The molecule has 3 aromatic rings. The number of hydrogen-bond donors (Lipinski definition) is 2. The van der Waals surface area contributed by atoms with Crippen LogP contribution in [0.3, 0.4) is 0 Å². The van der Waals surface area contributed by atoms with Gasteiger partial charge < -0.3 is 15.0 Å². The number of aryl methyl sites for hydroxylation is 2. The highest BCUT2D eigenvalue weighted by Crippen LogP contribution is 2.20. The molecule has 1 aromatic heterocycles. The minimum atomic E-state index is -0.968. The van der Waals surface area contributed by atoms with E-state index in [0.717, 1.165) is 22.4 Å². The molecule has 1 atom stereocenters. The van der Waals surface area contributed by atoms with Crippen LogP contribution >= 0.6 is 0 Å². The Morgan fingerprint density at radius 1 is 1.20 bits per heavy atom. The smallest absolute Gasteiger partial charge is 0.305 e. The maximum Gasteiger partial charge on any atom is 0.305 e. The van der Waals surface area contributed by atoms with Gasteiger partial charge in [0.2, 0.25) is 0 Å². The number of carboxylic acids is 1. The predicted octanol–water partition coefficient (Wildman–Crippen LogP) is 2.83. The highest BCUT2D eigenvalue weighted by Gasteiger charge is 2.19. The first kappa shape index (κ1) is 16.7. The highest BCUT2D eigenvalue weighted by atomic mass is 16.4. The monoisotopic (exact) mass is 337 g/mol. The Hall–Kier alpha value is -3.15. The van der Waals surface area contributed by atoms with Crippen LogP contribution in [-0.2, 0) is 11.8 Å². The third kappa shape index (κ3) is 3.52. The summed E-state index contributed by atoms with van der Waals surface area (Å²) in [5, 5.41) is 12.0. The molecule has 0 unspecified atom stereocenters. The number of benzene rings is 2. The van der Waals surface area contributed by atoms with Crippen molar-refractivity contribution in [2.24, 2.45) is 7.05 Å². The summed E-state index contributed by atoms with van der Waals surface area (Å²) in [6.45, 7) is 1.90. The zero-order valence-electron chi connectivity index (χ0n) is 14.1. The average molecular weight is 337 g/mol. The van der Waals surface area contributed by atoms with E-state index < -0.39 is 12.0 Å². The Bertz CT molecular complexity index is 932. The highest BCUT2D eigenvalue weighted by molar-refractivity contribution is 5.97. The summed E-state index contributed by atoms with van der Waals surface area (Å²) in [6.07, 6.45) is -0.180. The molecule has 0 saturated carbocycles. The van der Waals surface area contributed by atoms with Crippen molar-refractivity contribution in [3.05, 3.63) is 65.5 Å². The molecule has 1 amide bonds. The molecule has 2 aromatic carbocycles. The Labute approximate surface area is 145 Å². The quantitative estimate of drug-likeness (QED) is 0.750. The lowest BCUT2D eigenvalue weighted by molar-refractivity contribution is -0.137. The first-order valence-electron chi connectivity index (χ1n) is 7.96. The summed E-state index contributed by atoms with van der Waals surface area (Å²) in [6, 6.07) is 13.8. The number of amides is 1. The van der Waals surface area contributed by atoms with Gasteiger partial charge in [0, 0.05) is 12.6 Å². The van der Waals surface area contributed by atoms with Crippen molar-refractivity contribution in [1.29, 1.82) is 0 Å². The standard InChI is InChI=1S/C19H19N3O3/c1-12-20-16-10-14(8-9-17(16)22(12)2)19(25)21-15(11-18(23)24)13-6-4-3-5-7-13/h3-10,15H,11H2,1-2H3,(H,21,25)(H,23,24)/t15-/m1/s1. The number of carbonyl (C=O) groups is 2. The van der Waals surface area contributed by atoms with Gasteiger partial charge in [-0.1, -0.05) is 30.3 Å². The fourth-order valence-corrected chi connectivity index (χ4v) is 2.82. The number of nitrogens with zero attached hydrogens (tertiary/aromatic N) is 2. The van der Waals surface area contributed by atoms with Gasteiger partial charge in [-0.3, -0.25) is 9.59 Å². The summed E-state index contributed by atoms with van der Waals surface area (Å²) in [5.41, 5.74) is 2.89. The third-order valence-corrected chi connectivity index (χ3v) is 4.25. The molecular weight excluding hydrogens is 318 g/mol. The van der Waals surface area contributed by atoms with Crippen molar-refractivity contribution in [3.63, 3.8) is 0 Å². The van der Waals surface area contributed by atoms with Crippen molar-refractivity contribution in [2.45, 2.75) is 19.4 Å². The van der Waals surface area contributed by atoms with Gasteiger partial charge in [0.05, 0.1) is 23.5 Å². The molecule has 0 aliphatic carbocycles. The molecule has 0 bridgehead atoms. The topological polar surface area (TPSA) is 84.2 Å². The molecular formula is C19H19N3O3. The van der Waals surface area contributed by atoms with E-state index in [1.807, 2.05) is 42.8 Å². The molecule has 0 aliphatic heterocycles. The van der Waals surface area contributed by atoms with E-state index in [0.29, 0.717) is 5.56 Å². The minimum absolute atomic E-state index is 0.180. The molecule has 6 heteroatoms. The number of fused-ring (bicyclic) bond motifs is 1. The van der Waals surface area contributed by atoms with E-state index in [1.54, 1.807) is 24.3 Å². The number of carbonyl (C=O) groups excluding carboxylic acids is 1. The average Bonchev–Trinajstić information content (AvgIpc) is 2.88. The van der Waals surface area contributed by atoms with Gasteiger partial charge in [0.1, 0.15) is 5.82 Å². The van der Waals surface area contributed by atoms with Gasteiger partial charge in [0.15, 0.2) is 0 Å². The Morgan fingerprint density at radius 3 is 2.60 bits per heavy atom. The van der Waals surface area contributed by atoms with Gasteiger partial charge >= 0.3 is 5.97 Å². The molecule has 2 N–H and O–H groups in total. The van der Waals surface area contributed by atoms with Crippen LogP contribution in [-0.4, -0.2) is 26.5 Å². The maximum absolute atomic E-state index is 12.6. The number of rotatable bonds is 5. The van der Waals surface area contributed by atoms with Gasteiger partial charge in [0.25, 0.3) is 5.91 Å². The largest absolute Gasteiger partial charge is 0.481 e.